The number of aliphatic carboxylic acids is 1. The van der Waals surface area contributed by atoms with E-state index in [9.17, 15) is 0 Å². The molecule has 8 nitrogen and oxygen atoms in total. The van der Waals surface area contributed by atoms with Crippen LogP contribution in [0.3, 0.4) is 0 Å². The normalized spacial score (nSPS) is 24.9. The fourth-order valence-electron chi connectivity index (χ4n) is 6.74. The molecule has 0 bridgehead atoms. The molecule has 2 radical (unpaired) electrons. The molecule has 0 saturated carbocycles. The predicted octanol–water partition coefficient (Wildman–Crippen LogP) is 5.84. The van der Waals surface area contributed by atoms with E-state index < -0.39 is 20.6 Å². The van der Waals surface area contributed by atoms with E-state index in [1.54, 1.807) is 7.11 Å². The fraction of sp³-hybridized carbons (Fsp3) is 0.600. The van der Waals surface area contributed by atoms with E-state index in [1.165, 1.54) is 0 Å². The largest absolute Gasteiger partial charge is 1.00 e. The third kappa shape index (κ3) is 11.2. The second-order valence-corrected chi connectivity index (χ2v) is 18.0. The Morgan fingerprint density at radius 3 is 1.76 bits per heavy atom. The molecule has 2 aromatic carbocycles. The van der Waals surface area contributed by atoms with Crippen LogP contribution < -0.4 is 5.11 Å². The maximum Gasteiger partial charge on any atom is 1.00 e. The molecule has 2 aromatic rings. The van der Waals surface area contributed by atoms with Gasteiger partial charge in [0.25, 0.3) is 0 Å². The number of benzene rings is 2. The molecule has 45 heavy (non-hydrogen) atoms. The third-order valence-corrected chi connectivity index (χ3v) is 14.7. The van der Waals surface area contributed by atoms with Gasteiger partial charge in [0.1, 0.15) is 24.4 Å². The number of ether oxygens (including phenoxy) is 5. The number of methoxy groups -OCH3 is 1. The Hall–Kier alpha value is -1.18. The van der Waals surface area contributed by atoms with Crippen LogP contribution in [-0.4, -0.2) is 64.8 Å². The molecule has 0 spiro atoms. The van der Waals surface area contributed by atoms with Crippen LogP contribution in [-0.2, 0) is 73.8 Å². The van der Waals surface area contributed by atoms with E-state index in [4.69, 9.17) is 38.0 Å². The Labute approximate surface area is 292 Å². The Morgan fingerprint density at radius 2 is 1.31 bits per heavy atom. The monoisotopic (exact) mass is 830 g/mol. The molecule has 6 atom stereocenters. The van der Waals surface area contributed by atoms with Crippen molar-refractivity contribution >= 4 is 14.3 Å². The Balaban J connectivity index is 0.00000133. The van der Waals surface area contributed by atoms with Crippen molar-refractivity contribution in [1.82, 2.24) is 0 Å². The van der Waals surface area contributed by atoms with Crippen LogP contribution in [0.15, 0.2) is 60.7 Å². The van der Waals surface area contributed by atoms with Gasteiger partial charge in [-0.25, -0.2) is 0 Å². The van der Waals surface area contributed by atoms with Gasteiger partial charge in [0, 0.05) is 19.5 Å². The van der Waals surface area contributed by atoms with Crippen molar-refractivity contribution in [3.05, 3.63) is 78.2 Å². The Bertz CT molecular complexity index is 1080. The second kappa shape index (κ2) is 19.6. The number of carboxylic acid groups (broad SMARTS) is 1. The van der Waals surface area contributed by atoms with Crippen molar-refractivity contribution < 1.29 is 65.7 Å². The maximum atomic E-state index is 8.89. The van der Waals surface area contributed by atoms with Gasteiger partial charge >= 0.3 is 27.7 Å². The standard InChI is InChI=1S/C33H49O6Si.C2H4O2.Hg/c1-23(2)40(24(3)4,25(5)6)37-22-29-31(35-20-26-14-10-8-11-15-26)33(36-21-27-16-12-9-13-17-27)32-28(38-29)18-19-30(34-7)39-32;1-2(3)4;/h8-17,19,23-25,28-33H,18,20-22H2,1-7H3;1H3,(H,3,4);/q;;+1/p-1/t28-,29+,30+,31+,32-,33-;;/m0../s1. The molecule has 2 heterocycles. The SMILES string of the molecule is CC(=O)[O-].CO[C@H]1[CH]C[C@@H]2O[C@H](CO[Si](C(C)C)(C(C)C)C(C)C)[C@@H](OCc3ccccc3)[C@H](OCc3ccccc3)[C@H]2O1.[Hg+]. The zero-order chi connectivity index (χ0) is 32.3. The van der Waals surface area contributed by atoms with Gasteiger partial charge in [-0.1, -0.05) is 102 Å². The molecule has 2 aliphatic rings. The van der Waals surface area contributed by atoms with E-state index in [0.717, 1.165) is 24.5 Å². The summed E-state index contributed by atoms with van der Waals surface area (Å²) in [6.07, 6.45) is 0.854. The fourth-order valence-corrected chi connectivity index (χ4v) is 12.2. The number of hydrogen-bond donors (Lipinski definition) is 0. The molecule has 0 aromatic heterocycles. The maximum absolute atomic E-state index is 8.89. The molecule has 0 amide bonds. The average Bonchev–Trinajstić information content (AvgIpc) is 2.99. The van der Waals surface area contributed by atoms with Crippen LogP contribution in [0.2, 0.25) is 16.6 Å². The van der Waals surface area contributed by atoms with Gasteiger partial charge in [0.2, 0.25) is 0 Å². The first-order valence-corrected chi connectivity index (χ1v) is 17.9. The van der Waals surface area contributed by atoms with Gasteiger partial charge in [0.05, 0.1) is 25.9 Å². The molecule has 4 rings (SSSR count). The summed E-state index contributed by atoms with van der Waals surface area (Å²) in [5.74, 6) is -1.08. The first kappa shape index (κ1) is 40.0. The molecule has 0 unspecified atom stereocenters. The quantitative estimate of drug-likeness (QED) is 0.233. The molecule has 2 aliphatic heterocycles. The van der Waals surface area contributed by atoms with Crippen molar-refractivity contribution in [2.24, 2.45) is 0 Å². The summed E-state index contributed by atoms with van der Waals surface area (Å²) in [6, 6.07) is 20.5. The van der Waals surface area contributed by atoms with Crippen molar-refractivity contribution in [3.63, 3.8) is 0 Å². The average molecular weight is 829 g/mol. The van der Waals surface area contributed by atoms with Gasteiger partial charge in [-0.15, -0.1) is 0 Å². The summed E-state index contributed by atoms with van der Waals surface area (Å²) in [5, 5.41) is 8.89. The van der Waals surface area contributed by atoms with Crippen molar-refractivity contribution in [2.75, 3.05) is 13.7 Å². The Morgan fingerprint density at radius 1 is 0.844 bits per heavy atom. The van der Waals surface area contributed by atoms with Gasteiger partial charge in [-0.3, -0.25) is 0 Å². The van der Waals surface area contributed by atoms with Crippen LogP contribution >= 0.6 is 0 Å². The molecule has 246 valence electrons. The number of carbonyl (C=O) groups excluding carboxylic acids is 1. The molecular formula is C35H52HgO8Si. The summed E-state index contributed by atoms with van der Waals surface area (Å²) in [6.45, 7) is 16.2. The topological polar surface area (TPSA) is 95.5 Å². The summed E-state index contributed by atoms with van der Waals surface area (Å²) < 4.78 is 39.2. The summed E-state index contributed by atoms with van der Waals surface area (Å²) >= 11 is 0. The number of fused-ring (bicyclic) bond motifs is 1. The van der Waals surface area contributed by atoms with Crippen LogP contribution in [0.5, 0.6) is 0 Å². The van der Waals surface area contributed by atoms with Gasteiger partial charge < -0.3 is 38.0 Å². The zero-order valence-electron chi connectivity index (χ0n) is 28.3. The number of hydrogen-bond acceptors (Lipinski definition) is 8. The van der Waals surface area contributed by atoms with Gasteiger partial charge in [0.15, 0.2) is 14.6 Å². The second-order valence-electron chi connectivity index (χ2n) is 12.5. The molecule has 0 aliphatic carbocycles. The Kier molecular flexibility index (Phi) is 17.4. The van der Waals surface area contributed by atoms with E-state index >= 15 is 0 Å². The van der Waals surface area contributed by atoms with E-state index in [-0.39, 0.29) is 58.2 Å². The minimum atomic E-state index is -2.12. The number of carboxylic acids is 1. The van der Waals surface area contributed by atoms with Crippen molar-refractivity contribution in [1.29, 1.82) is 0 Å². The van der Waals surface area contributed by atoms with Crippen molar-refractivity contribution in [2.45, 2.75) is 122 Å². The van der Waals surface area contributed by atoms with Gasteiger partial charge in [-0.2, -0.15) is 0 Å². The predicted molar refractivity (Wildman–Crippen MR) is 171 cm³/mol. The summed E-state index contributed by atoms with van der Waals surface area (Å²) in [4.78, 5) is 8.89. The minimum absolute atomic E-state index is 0. The van der Waals surface area contributed by atoms with Crippen LogP contribution in [0.25, 0.3) is 0 Å². The van der Waals surface area contributed by atoms with E-state index in [1.807, 2.05) is 42.8 Å². The van der Waals surface area contributed by atoms with E-state index in [2.05, 4.69) is 65.8 Å². The van der Waals surface area contributed by atoms with Crippen molar-refractivity contribution in [3.8, 4) is 0 Å². The summed E-state index contributed by atoms with van der Waals surface area (Å²) in [5.41, 5.74) is 3.65. The molecular weight excluding hydrogens is 777 g/mol. The molecule has 0 N–H and O–H groups in total. The van der Waals surface area contributed by atoms with E-state index in [0.29, 0.717) is 36.4 Å². The minimum Gasteiger partial charge on any atom is -0.550 e. The number of carbonyl (C=O) groups is 1. The molecule has 10 heteroatoms. The smallest absolute Gasteiger partial charge is 0.550 e. The molecule has 2 saturated heterocycles. The van der Waals surface area contributed by atoms with Crippen LogP contribution in [0.1, 0.15) is 66.0 Å². The summed E-state index contributed by atoms with van der Waals surface area (Å²) in [7, 11) is -0.451. The van der Waals surface area contributed by atoms with Gasteiger partial charge in [-0.05, 0) is 41.1 Å². The first-order valence-electron chi connectivity index (χ1n) is 15.8. The first-order chi connectivity index (χ1) is 21.0. The number of rotatable bonds is 13. The third-order valence-electron chi connectivity index (χ3n) is 8.59. The van der Waals surface area contributed by atoms with Crippen LogP contribution in [0, 0.1) is 6.42 Å². The zero-order valence-corrected chi connectivity index (χ0v) is 34.8. The molecule has 2 fully saturated rings. The van der Waals surface area contributed by atoms with Crippen LogP contribution in [0.4, 0.5) is 0 Å².